The van der Waals surface area contributed by atoms with Gasteiger partial charge in [0.1, 0.15) is 0 Å². The van der Waals surface area contributed by atoms with E-state index in [9.17, 15) is 0 Å². The summed E-state index contributed by atoms with van der Waals surface area (Å²) in [6, 6.07) is 8.09. The van der Waals surface area contributed by atoms with Crippen LogP contribution in [-0.2, 0) is 0 Å². The quantitative estimate of drug-likeness (QED) is 0.888. The zero-order chi connectivity index (χ0) is 12.2. The standard InChI is InChI=1S/C15H19N3/c1-2-6-12(5-1)9-10-16-15-17-11-13-7-3-4-8-14(13)18-15/h3-4,7-8,11-12H,1-2,5-6,9-10H2,(H,16,17,18). The fraction of sp³-hybridized carbons (Fsp3) is 0.467. The maximum Gasteiger partial charge on any atom is 0.223 e. The van der Waals surface area contributed by atoms with Crippen LogP contribution >= 0.6 is 0 Å². The number of para-hydroxylation sites is 1. The molecular weight excluding hydrogens is 222 g/mol. The first-order chi connectivity index (χ1) is 8.92. The molecule has 1 fully saturated rings. The van der Waals surface area contributed by atoms with Gasteiger partial charge in [-0.2, -0.15) is 0 Å². The van der Waals surface area contributed by atoms with Crippen LogP contribution in [0, 0.1) is 5.92 Å². The summed E-state index contributed by atoms with van der Waals surface area (Å²) in [6.07, 6.45) is 8.77. The number of benzene rings is 1. The van der Waals surface area contributed by atoms with Gasteiger partial charge in [-0.1, -0.05) is 43.9 Å². The van der Waals surface area contributed by atoms with Gasteiger partial charge in [-0.25, -0.2) is 9.97 Å². The number of fused-ring (bicyclic) bond motifs is 1. The average molecular weight is 241 g/mol. The second-order valence-corrected chi connectivity index (χ2v) is 5.12. The summed E-state index contributed by atoms with van der Waals surface area (Å²) in [5.74, 6) is 1.67. The van der Waals surface area contributed by atoms with E-state index in [1.165, 1.54) is 32.1 Å². The van der Waals surface area contributed by atoms with Crippen LogP contribution in [0.15, 0.2) is 30.5 Å². The molecule has 0 bridgehead atoms. The zero-order valence-electron chi connectivity index (χ0n) is 10.6. The molecule has 1 aromatic heterocycles. The molecule has 1 aliphatic rings. The Morgan fingerprint density at radius 3 is 2.89 bits per heavy atom. The Morgan fingerprint density at radius 1 is 1.17 bits per heavy atom. The molecule has 1 saturated carbocycles. The third-order valence-corrected chi connectivity index (χ3v) is 3.80. The van der Waals surface area contributed by atoms with E-state index in [0.29, 0.717) is 0 Å². The van der Waals surface area contributed by atoms with E-state index in [1.807, 2.05) is 30.5 Å². The van der Waals surface area contributed by atoms with Crippen LogP contribution in [0.4, 0.5) is 5.95 Å². The van der Waals surface area contributed by atoms with E-state index in [-0.39, 0.29) is 0 Å². The van der Waals surface area contributed by atoms with Crippen molar-refractivity contribution in [2.24, 2.45) is 5.92 Å². The predicted octanol–water partition coefficient (Wildman–Crippen LogP) is 3.62. The lowest BCUT2D eigenvalue weighted by Crippen LogP contribution is -2.08. The fourth-order valence-corrected chi connectivity index (χ4v) is 2.74. The first-order valence-electron chi connectivity index (χ1n) is 6.87. The average Bonchev–Trinajstić information content (AvgIpc) is 2.92. The highest BCUT2D eigenvalue weighted by Crippen LogP contribution is 2.27. The van der Waals surface area contributed by atoms with Crippen molar-refractivity contribution in [3.8, 4) is 0 Å². The minimum absolute atomic E-state index is 0.756. The highest BCUT2D eigenvalue weighted by atomic mass is 15.1. The Hall–Kier alpha value is -1.64. The first kappa shape index (κ1) is 11.5. The highest BCUT2D eigenvalue weighted by Gasteiger charge is 2.14. The molecule has 0 saturated heterocycles. The van der Waals surface area contributed by atoms with Crippen LogP contribution in [-0.4, -0.2) is 16.5 Å². The Bertz CT molecular complexity index is 518. The van der Waals surface area contributed by atoms with E-state index in [4.69, 9.17) is 0 Å². The lowest BCUT2D eigenvalue weighted by atomic mass is 10.0. The van der Waals surface area contributed by atoms with Crippen LogP contribution < -0.4 is 5.32 Å². The smallest absolute Gasteiger partial charge is 0.223 e. The van der Waals surface area contributed by atoms with Gasteiger partial charge < -0.3 is 5.32 Å². The van der Waals surface area contributed by atoms with Gasteiger partial charge in [0.05, 0.1) is 5.52 Å². The van der Waals surface area contributed by atoms with E-state index in [1.54, 1.807) is 0 Å². The number of aromatic nitrogens is 2. The molecular formula is C15H19N3. The molecule has 1 N–H and O–H groups in total. The lowest BCUT2D eigenvalue weighted by Gasteiger charge is -2.09. The number of hydrogen-bond acceptors (Lipinski definition) is 3. The van der Waals surface area contributed by atoms with E-state index in [0.717, 1.165) is 29.3 Å². The molecule has 1 aromatic carbocycles. The van der Waals surface area contributed by atoms with Crippen molar-refractivity contribution in [1.82, 2.24) is 9.97 Å². The normalized spacial score (nSPS) is 16.2. The summed E-state index contributed by atoms with van der Waals surface area (Å²) in [4.78, 5) is 8.87. The van der Waals surface area contributed by atoms with Crippen molar-refractivity contribution in [3.63, 3.8) is 0 Å². The second-order valence-electron chi connectivity index (χ2n) is 5.12. The number of nitrogens with zero attached hydrogens (tertiary/aromatic N) is 2. The Labute approximate surface area is 108 Å². The summed E-state index contributed by atoms with van der Waals surface area (Å²) in [5, 5.41) is 4.44. The van der Waals surface area contributed by atoms with Gasteiger partial charge in [0.25, 0.3) is 0 Å². The van der Waals surface area contributed by atoms with E-state index in [2.05, 4.69) is 15.3 Å². The minimum Gasteiger partial charge on any atom is -0.354 e. The van der Waals surface area contributed by atoms with Crippen LogP contribution in [0.25, 0.3) is 10.9 Å². The Morgan fingerprint density at radius 2 is 2.00 bits per heavy atom. The zero-order valence-corrected chi connectivity index (χ0v) is 10.6. The number of rotatable bonds is 4. The molecule has 0 atom stereocenters. The van der Waals surface area contributed by atoms with Gasteiger partial charge in [-0.15, -0.1) is 0 Å². The van der Waals surface area contributed by atoms with Crippen LogP contribution in [0.1, 0.15) is 32.1 Å². The van der Waals surface area contributed by atoms with Gasteiger partial charge in [0.15, 0.2) is 0 Å². The molecule has 0 amide bonds. The molecule has 1 aliphatic carbocycles. The second kappa shape index (κ2) is 5.34. The summed E-state index contributed by atoms with van der Waals surface area (Å²) in [7, 11) is 0. The van der Waals surface area contributed by atoms with Crippen LogP contribution in [0.3, 0.4) is 0 Å². The van der Waals surface area contributed by atoms with Crippen molar-refractivity contribution in [2.45, 2.75) is 32.1 Å². The molecule has 3 heteroatoms. The number of hydrogen-bond donors (Lipinski definition) is 1. The molecule has 3 rings (SSSR count). The number of anilines is 1. The van der Waals surface area contributed by atoms with Crippen molar-refractivity contribution in [1.29, 1.82) is 0 Å². The highest BCUT2D eigenvalue weighted by molar-refractivity contribution is 5.78. The van der Waals surface area contributed by atoms with Gasteiger partial charge in [-0.05, 0) is 18.4 Å². The van der Waals surface area contributed by atoms with Crippen molar-refractivity contribution in [2.75, 3.05) is 11.9 Å². The summed E-state index contributed by atoms with van der Waals surface area (Å²) in [5.41, 5.74) is 1.01. The maximum absolute atomic E-state index is 4.52. The first-order valence-corrected chi connectivity index (χ1v) is 6.87. The molecule has 94 valence electrons. The molecule has 2 aromatic rings. The molecule has 0 radical (unpaired) electrons. The van der Waals surface area contributed by atoms with Gasteiger partial charge in [0, 0.05) is 18.1 Å². The summed E-state index contributed by atoms with van der Waals surface area (Å²) >= 11 is 0. The van der Waals surface area contributed by atoms with Gasteiger partial charge >= 0.3 is 0 Å². The van der Waals surface area contributed by atoms with Crippen molar-refractivity contribution < 1.29 is 0 Å². The number of nitrogens with one attached hydrogen (secondary N) is 1. The third kappa shape index (κ3) is 2.61. The third-order valence-electron chi connectivity index (χ3n) is 3.80. The topological polar surface area (TPSA) is 37.8 Å². The SMILES string of the molecule is c1ccc2nc(NCCC3CCCC3)ncc2c1. The molecule has 18 heavy (non-hydrogen) atoms. The maximum atomic E-state index is 4.52. The van der Waals surface area contributed by atoms with Crippen LogP contribution in [0.2, 0.25) is 0 Å². The predicted molar refractivity (Wildman–Crippen MR) is 74.6 cm³/mol. The minimum atomic E-state index is 0.756. The monoisotopic (exact) mass is 241 g/mol. The van der Waals surface area contributed by atoms with Crippen molar-refractivity contribution in [3.05, 3.63) is 30.5 Å². The van der Waals surface area contributed by atoms with Gasteiger partial charge in [-0.3, -0.25) is 0 Å². The molecule has 0 unspecified atom stereocenters. The van der Waals surface area contributed by atoms with Gasteiger partial charge in [0.2, 0.25) is 5.95 Å². The molecule has 3 nitrogen and oxygen atoms in total. The van der Waals surface area contributed by atoms with Crippen molar-refractivity contribution >= 4 is 16.9 Å². The molecule has 0 spiro atoms. The summed E-state index contributed by atoms with van der Waals surface area (Å²) in [6.45, 7) is 0.989. The van der Waals surface area contributed by atoms with Crippen LogP contribution in [0.5, 0.6) is 0 Å². The van der Waals surface area contributed by atoms with E-state index < -0.39 is 0 Å². The molecule has 0 aliphatic heterocycles. The Balaban J connectivity index is 1.60. The fourth-order valence-electron chi connectivity index (χ4n) is 2.74. The van der Waals surface area contributed by atoms with E-state index >= 15 is 0 Å². The largest absolute Gasteiger partial charge is 0.354 e. The lowest BCUT2D eigenvalue weighted by molar-refractivity contribution is 0.518. The Kier molecular flexibility index (Phi) is 3.40. The summed E-state index contributed by atoms with van der Waals surface area (Å²) < 4.78 is 0. The molecule has 1 heterocycles.